The highest BCUT2D eigenvalue weighted by Crippen LogP contribution is 2.16. The number of nitrogens with zero attached hydrogens (tertiary/aromatic N) is 1. The van der Waals surface area contributed by atoms with Crippen molar-refractivity contribution in [1.29, 1.82) is 0 Å². The number of sulfonamides is 1. The molecule has 8 nitrogen and oxygen atoms in total. The van der Waals surface area contributed by atoms with Crippen LogP contribution in [0.5, 0.6) is 0 Å². The minimum absolute atomic E-state index is 0.0851. The van der Waals surface area contributed by atoms with E-state index in [4.69, 9.17) is 4.74 Å². The number of esters is 1. The first kappa shape index (κ1) is 25.3. The Morgan fingerprint density at radius 1 is 1.06 bits per heavy atom. The molecule has 2 amide bonds. The standard InChI is InChI=1S/C25H29N3O5S/c1-3-16-34(31,32)28-14-12-22(13-15-28)26-25(30)27-23-9-5-7-20(18-23)11-10-19-6-4-8-21(17-19)24(29)33-2/h4-9,17-18,22H,3,12-16H2,1-2H3,(H2,26,27,30). The molecule has 2 aromatic rings. The van der Waals surface area contributed by atoms with E-state index in [1.807, 2.05) is 13.0 Å². The molecule has 0 saturated carbocycles. The Balaban J connectivity index is 1.56. The maximum absolute atomic E-state index is 12.4. The number of hydrogen-bond acceptors (Lipinski definition) is 5. The molecule has 3 rings (SSSR count). The summed E-state index contributed by atoms with van der Waals surface area (Å²) in [5, 5.41) is 5.73. The monoisotopic (exact) mass is 483 g/mol. The molecule has 0 aliphatic carbocycles. The predicted octanol–water partition coefficient (Wildman–Crippen LogP) is 3.20. The Morgan fingerprint density at radius 3 is 2.35 bits per heavy atom. The first-order valence-corrected chi connectivity index (χ1v) is 12.8. The molecule has 1 heterocycles. The van der Waals surface area contributed by atoms with Gasteiger partial charge in [-0.15, -0.1) is 0 Å². The lowest BCUT2D eigenvalue weighted by Gasteiger charge is -2.31. The molecule has 0 aromatic heterocycles. The Morgan fingerprint density at radius 2 is 1.71 bits per heavy atom. The van der Waals surface area contributed by atoms with Gasteiger partial charge in [0.1, 0.15) is 0 Å². The van der Waals surface area contributed by atoms with Gasteiger partial charge in [0.25, 0.3) is 0 Å². The lowest BCUT2D eigenvalue weighted by atomic mass is 10.1. The third-order valence-electron chi connectivity index (χ3n) is 5.40. The van der Waals surface area contributed by atoms with E-state index in [9.17, 15) is 18.0 Å². The summed E-state index contributed by atoms with van der Waals surface area (Å²) in [5.41, 5.74) is 2.40. The van der Waals surface area contributed by atoms with Crippen molar-refractivity contribution in [2.45, 2.75) is 32.2 Å². The highest BCUT2D eigenvalue weighted by molar-refractivity contribution is 7.89. The third-order valence-corrected chi connectivity index (χ3v) is 7.48. The van der Waals surface area contributed by atoms with Gasteiger partial charge in [-0.3, -0.25) is 0 Å². The molecule has 0 atom stereocenters. The zero-order valence-electron chi connectivity index (χ0n) is 19.3. The van der Waals surface area contributed by atoms with Crippen LogP contribution < -0.4 is 10.6 Å². The molecular formula is C25H29N3O5S. The van der Waals surface area contributed by atoms with Crippen LogP contribution in [0.15, 0.2) is 48.5 Å². The first-order chi connectivity index (χ1) is 16.3. The van der Waals surface area contributed by atoms with Gasteiger partial charge >= 0.3 is 12.0 Å². The maximum atomic E-state index is 12.4. The number of benzene rings is 2. The summed E-state index contributed by atoms with van der Waals surface area (Å²) in [4.78, 5) is 24.1. The molecule has 2 aromatic carbocycles. The van der Waals surface area contributed by atoms with Crippen molar-refractivity contribution >= 4 is 27.7 Å². The van der Waals surface area contributed by atoms with E-state index < -0.39 is 16.0 Å². The zero-order chi connectivity index (χ0) is 24.6. The molecule has 1 saturated heterocycles. The van der Waals surface area contributed by atoms with Gasteiger partial charge in [-0.2, -0.15) is 0 Å². The number of hydrogen-bond donors (Lipinski definition) is 2. The molecule has 180 valence electrons. The normalized spacial score (nSPS) is 14.5. The average molecular weight is 484 g/mol. The van der Waals surface area contributed by atoms with Crippen molar-refractivity contribution in [3.63, 3.8) is 0 Å². The average Bonchev–Trinajstić information content (AvgIpc) is 2.83. The molecule has 0 bridgehead atoms. The van der Waals surface area contributed by atoms with Crippen LogP contribution in [0.25, 0.3) is 0 Å². The highest BCUT2D eigenvalue weighted by Gasteiger charge is 2.27. The van der Waals surface area contributed by atoms with E-state index in [0.29, 0.717) is 54.7 Å². The second-order valence-corrected chi connectivity index (χ2v) is 10.1. The Hall–Kier alpha value is -3.35. The summed E-state index contributed by atoms with van der Waals surface area (Å²) in [7, 11) is -1.87. The number of methoxy groups -OCH3 is 1. The van der Waals surface area contributed by atoms with Crippen LogP contribution in [0, 0.1) is 11.8 Å². The van der Waals surface area contributed by atoms with E-state index in [1.54, 1.807) is 42.5 Å². The van der Waals surface area contributed by atoms with Crippen LogP contribution in [0.3, 0.4) is 0 Å². The minimum Gasteiger partial charge on any atom is -0.465 e. The number of amides is 2. The lowest BCUT2D eigenvalue weighted by molar-refractivity contribution is 0.0600. The van der Waals surface area contributed by atoms with E-state index in [-0.39, 0.29) is 17.8 Å². The lowest BCUT2D eigenvalue weighted by Crippen LogP contribution is -2.47. The van der Waals surface area contributed by atoms with Crippen LogP contribution in [0.1, 0.15) is 47.7 Å². The number of rotatable bonds is 6. The van der Waals surface area contributed by atoms with Crippen molar-refractivity contribution in [2.75, 3.05) is 31.3 Å². The van der Waals surface area contributed by atoms with Gasteiger partial charge < -0.3 is 15.4 Å². The van der Waals surface area contributed by atoms with Gasteiger partial charge in [0.15, 0.2) is 0 Å². The quantitative estimate of drug-likeness (QED) is 0.485. The van der Waals surface area contributed by atoms with Crippen LogP contribution in [-0.2, 0) is 14.8 Å². The third kappa shape index (κ3) is 7.07. The highest BCUT2D eigenvalue weighted by atomic mass is 32.2. The van der Waals surface area contributed by atoms with Crippen molar-refractivity contribution in [3.8, 4) is 11.8 Å². The van der Waals surface area contributed by atoms with E-state index in [0.717, 1.165) is 0 Å². The van der Waals surface area contributed by atoms with Crippen LogP contribution in [0.2, 0.25) is 0 Å². The van der Waals surface area contributed by atoms with Crippen LogP contribution in [0.4, 0.5) is 10.5 Å². The van der Waals surface area contributed by atoms with E-state index in [1.165, 1.54) is 11.4 Å². The SMILES string of the molecule is CCCS(=O)(=O)N1CCC(NC(=O)Nc2cccc(C#Cc3cccc(C(=O)OC)c3)c2)CC1. The Labute approximate surface area is 200 Å². The number of nitrogens with one attached hydrogen (secondary N) is 2. The van der Waals surface area contributed by atoms with Gasteiger partial charge in [0.2, 0.25) is 10.0 Å². The van der Waals surface area contributed by atoms with Crippen molar-refractivity contribution in [1.82, 2.24) is 9.62 Å². The number of carbonyl (C=O) groups excluding carboxylic acids is 2. The molecule has 0 unspecified atom stereocenters. The largest absolute Gasteiger partial charge is 0.465 e. The van der Waals surface area contributed by atoms with E-state index in [2.05, 4.69) is 22.5 Å². The Bertz CT molecular complexity index is 1190. The molecule has 34 heavy (non-hydrogen) atoms. The number of piperidine rings is 1. The molecule has 1 aliphatic heterocycles. The summed E-state index contributed by atoms with van der Waals surface area (Å²) in [6, 6.07) is 13.6. The second kappa shape index (κ2) is 11.7. The summed E-state index contributed by atoms with van der Waals surface area (Å²) in [6.07, 6.45) is 1.74. The molecule has 1 aliphatic rings. The molecule has 0 radical (unpaired) electrons. The zero-order valence-corrected chi connectivity index (χ0v) is 20.2. The topological polar surface area (TPSA) is 105 Å². The smallest absolute Gasteiger partial charge is 0.337 e. The summed E-state index contributed by atoms with van der Waals surface area (Å²) in [5.74, 6) is 5.78. The van der Waals surface area contributed by atoms with Gasteiger partial charge in [0.05, 0.1) is 18.4 Å². The van der Waals surface area contributed by atoms with E-state index >= 15 is 0 Å². The van der Waals surface area contributed by atoms with Crippen molar-refractivity contribution < 1.29 is 22.7 Å². The number of anilines is 1. The maximum Gasteiger partial charge on any atom is 0.337 e. The number of urea groups is 1. The summed E-state index contributed by atoms with van der Waals surface area (Å²) >= 11 is 0. The van der Waals surface area contributed by atoms with Crippen molar-refractivity contribution in [2.24, 2.45) is 0 Å². The molecule has 0 spiro atoms. The number of carbonyl (C=O) groups is 2. The molecule has 9 heteroatoms. The fraction of sp³-hybridized carbons (Fsp3) is 0.360. The van der Waals surface area contributed by atoms with Gasteiger partial charge in [-0.05, 0) is 55.7 Å². The van der Waals surface area contributed by atoms with Crippen LogP contribution >= 0.6 is 0 Å². The van der Waals surface area contributed by atoms with Gasteiger partial charge in [-0.1, -0.05) is 30.9 Å². The summed E-state index contributed by atoms with van der Waals surface area (Å²) in [6.45, 7) is 2.67. The fourth-order valence-electron chi connectivity index (χ4n) is 3.68. The fourth-order valence-corrected chi connectivity index (χ4v) is 5.22. The van der Waals surface area contributed by atoms with Gasteiger partial charge in [0, 0.05) is 35.9 Å². The number of ether oxygens (including phenoxy) is 1. The van der Waals surface area contributed by atoms with Crippen LogP contribution in [-0.4, -0.2) is 56.7 Å². The summed E-state index contributed by atoms with van der Waals surface area (Å²) < 4.78 is 30.6. The van der Waals surface area contributed by atoms with Crippen molar-refractivity contribution in [3.05, 3.63) is 65.2 Å². The second-order valence-electron chi connectivity index (χ2n) is 7.99. The molecule has 1 fully saturated rings. The Kier molecular flexibility index (Phi) is 8.68. The van der Waals surface area contributed by atoms with Gasteiger partial charge in [-0.25, -0.2) is 22.3 Å². The molecule has 2 N–H and O–H groups in total. The minimum atomic E-state index is -3.20. The predicted molar refractivity (Wildman–Crippen MR) is 131 cm³/mol. The first-order valence-electron chi connectivity index (χ1n) is 11.2. The molecular weight excluding hydrogens is 454 g/mol.